The second kappa shape index (κ2) is 5.54. The van der Waals surface area contributed by atoms with Crippen LogP contribution in [0.25, 0.3) is 0 Å². The molecule has 0 bridgehead atoms. The maximum Gasteiger partial charge on any atom is 0.232 e. The van der Waals surface area contributed by atoms with Crippen molar-refractivity contribution < 1.29 is 13.2 Å². The van der Waals surface area contributed by atoms with Crippen molar-refractivity contribution in [2.45, 2.75) is 43.4 Å². The fraction of sp³-hybridized carbons (Fsp3) is 0.909. The molecule has 7 heteroatoms. The van der Waals surface area contributed by atoms with Crippen molar-refractivity contribution in [2.75, 3.05) is 19.6 Å². The Morgan fingerprint density at radius 1 is 1.28 bits per heavy atom. The normalized spacial score (nSPS) is 25.9. The van der Waals surface area contributed by atoms with Crippen molar-refractivity contribution in [3.05, 3.63) is 0 Å². The minimum absolute atomic E-state index is 0.122. The van der Waals surface area contributed by atoms with Crippen LogP contribution < -0.4 is 11.1 Å². The molecule has 104 valence electrons. The maximum atomic E-state index is 12.5. The number of primary amides is 1. The topological polar surface area (TPSA) is 92.5 Å². The summed E-state index contributed by atoms with van der Waals surface area (Å²) in [6.07, 6.45) is 4.07. The van der Waals surface area contributed by atoms with Crippen molar-refractivity contribution in [2.24, 2.45) is 5.73 Å². The third kappa shape index (κ3) is 2.84. The molecule has 2 fully saturated rings. The van der Waals surface area contributed by atoms with Crippen LogP contribution in [0.2, 0.25) is 0 Å². The Morgan fingerprint density at radius 3 is 2.44 bits per heavy atom. The SMILES string of the molecule is NC(=O)CN(C1CCNC1)S(=O)(=O)C1CCCC1. The first-order chi connectivity index (χ1) is 8.51. The molecule has 2 rings (SSSR count). The van der Waals surface area contributed by atoms with Crippen LogP contribution in [0, 0.1) is 0 Å². The zero-order valence-corrected chi connectivity index (χ0v) is 11.3. The highest BCUT2D eigenvalue weighted by Gasteiger charge is 2.39. The Morgan fingerprint density at radius 2 is 1.94 bits per heavy atom. The van der Waals surface area contributed by atoms with Gasteiger partial charge in [0.2, 0.25) is 15.9 Å². The number of sulfonamides is 1. The highest BCUT2D eigenvalue weighted by atomic mass is 32.2. The van der Waals surface area contributed by atoms with Gasteiger partial charge in [0.1, 0.15) is 0 Å². The first kappa shape index (κ1) is 13.8. The number of hydrogen-bond acceptors (Lipinski definition) is 4. The van der Waals surface area contributed by atoms with Crippen molar-refractivity contribution in [1.29, 1.82) is 0 Å². The first-order valence-electron chi connectivity index (χ1n) is 6.51. The molecule has 0 radical (unpaired) electrons. The van der Waals surface area contributed by atoms with Gasteiger partial charge in [-0.05, 0) is 25.8 Å². The van der Waals surface area contributed by atoms with E-state index in [2.05, 4.69) is 5.32 Å². The van der Waals surface area contributed by atoms with Gasteiger partial charge < -0.3 is 11.1 Å². The fourth-order valence-corrected chi connectivity index (χ4v) is 5.06. The molecule has 1 aliphatic heterocycles. The number of nitrogens with zero attached hydrogens (tertiary/aromatic N) is 1. The maximum absolute atomic E-state index is 12.5. The van der Waals surface area contributed by atoms with Gasteiger partial charge in [-0.2, -0.15) is 4.31 Å². The molecule has 1 saturated heterocycles. The zero-order valence-electron chi connectivity index (χ0n) is 10.5. The van der Waals surface area contributed by atoms with Gasteiger partial charge in [-0.25, -0.2) is 8.42 Å². The van der Waals surface area contributed by atoms with E-state index in [1.807, 2.05) is 0 Å². The Kier molecular flexibility index (Phi) is 4.24. The van der Waals surface area contributed by atoms with Gasteiger partial charge in [-0.3, -0.25) is 4.79 Å². The largest absolute Gasteiger partial charge is 0.369 e. The van der Waals surface area contributed by atoms with E-state index in [1.54, 1.807) is 0 Å². The molecule has 3 N–H and O–H groups in total. The Bertz CT molecular complexity index is 398. The molecule has 1 unspecified atom stereocenters. The summed E-state index contributed by atoms with van der Waals surface area (Å²) in [5.74, 6) is -0.580. The van der Waals surface area contributed by atoms with Crippen LogP contribution in [0.3, 0.4) is 0 Å². The molecule has 0 aromatic rings. The zero-order chi connectivity index (χ0) is 13.2. The molecule has 0 aromatic heterocycles. The van der Waals surface area contributed by atoms with Gasteiger partial charge >= 0.3 is 0 Å². The van der Waals surface area contributed by atoms with Crippen molar-refractivity contribution in [3.63, 3.8) is 0 Å². The molecule has 1 heterocycles. The molecule has 18 heavy (non-hydrogen) atoms. The predicted octanol–water partition coefficient (Wildman–Crippen LogP) is -0.592. The number of rotatable bonds is 5. The highest BCUT2D eigenvalue weighted by molar-refractivity contribution is 7.89. The lowest BCUT2D eigenvalue weighted by Crippen LogP contribution is -2.49. The van der Waals surface area contributed by atoms with Crippen LogP contribution in [-0.2, 0) is 14.8 Å². The number of carbonyl (C=O) groups excluding carboxylic acids is 1. The number of hydrogen-bond donors (Lipinski definition) is 2. The molecule has 0 aromatic carbocycles. The average molecular weight is 275 g/mol. The summed E-state index contributed by atoms with van der Waals surface area (Å²) in [5.41, 5.74) is 5.19. The molecular weight excluding hydrogens is 254 g/mol. The summed E-state index contributed by atoms with van der Waals surface area (Å²) >= 11 is 0. The molecule has 1 aliphatic carbocycles. The van der Waals surface area contributed by atoms with Crippen molar-refractivity contribution in [1.82, 2.24) is 9.62 Å². The van der Waals surface area contributed by atoms with Gasteiger partial charge in [0.15, 0.2) is 0 Å². The third-order valence-corrected chi connectivity index (χ3v) is 6.20. The van der Waals surface area contributed by atoms with Gasteiger partial charge in [-0.1, -0.05) is 12.8 Å². The van der Waals surface area contributed by atoms with E-state index >= 15 is 0 Å². The van der Waals surface area contributed by atoms with Gasteiger partial charge in [0.05, 0.1) is 11.8 Å². The van der Waals surface area contributed by atoms with Crippen molar-refractivity contribution >= 4 is 15.9 Å². The summed E-state index contributed by atoms with van der Waals surface area (Å²) in [6, 6.07) is -0.122. The quantitative estimate of drug-likeness (QED) is 0.701. The molecule has 1 saturated carbocycles. The second-order valence-electron chi connectivity index (χ2n) is 5.11. The van der Waals surface area contributed by atoms with E-state index in [1.165, 1.54) is 4.31 Å². The van der Waals surface area contributed by atoms with Crippen LogP contribution in [0.15, 0.2) is 0 Å². The Labute approximate surface area is 108 Å². The third-order valence-electron chi connectivity index (χ3n) is 3.80. The number of amides is 1. The molecule has 6 nitrogen and oxygen atoms in total. The molecule has 2 aliphatic rings. The lowest BCUT2D eigenvalue weighted by molar-refractivity contribution is -0.118. The number of carbonyl (C=O) groups is 1. The standard InChI is InChI=1S/C11H21N3O3S/c12-11(15)8-14(9-5-6-13-7-9)18(16,17)10-3-1-2-4-10/h9-10,13H,1-8H2,(H2,12,15). The summed E-state index contributed by atoms with van der Waals surface area (Å²) in [4.78, 5) is 11.1. The summed E-state index contributed by atoms with van der Waals surface area (Å²) in [6.45, 7) is 1.21. The Hall–Kier alpha value is -0.660. The molecule has 1 atom stereocenters. The minimum atomic E-state index is -3.39. The smallest absolute Gasteiger partial charge is 0.232 e. The monoisotopic (exact) mass is 275 g/mol. The predicted molar refractivity (Wildman–Crippen MR) is 68.4 cm³/mol. The van der Waals surface area contributed by atoms with E-state index in [-0.39, 0.29) is 17.8 Å². The molecule has 1 amide bonds. The van der Waals surface area contributed by atoms with Gasteiger partial charge in [0, 0.05) is 12.6 Å². The van der Waals surface area contributed by atoms with Crippen LogP contribution in [0.4, 0.5) is 0 Å². The Balaban J connectivity index is 2.18. The first-order valence-corrected chi connectivity index (χ1v) is 8.02. The lowest BCUT2D eigenvalue weighted by atomic mass is 10.2. The summed E-state index contributed by atoms with van der Waals surface area (Å²) in [7, 11) is -3.39. The van der Waals surface area contributed by atoms with Crippen LogP contribution in [-0.4, -0.2) is 49.6 Å². The lowest BCUT2D eigenvalue weighted by Gasteiger charge is -2.29. The van der Waals surface area contributed by atoms with E-state index in [9.17, 15) is 13.2 Å². The number of nitrogens with two attached hydrogens (primary N) is 1. The number of nitrogens with one attached hydrogen (secondary N) is 1. The van der Waals surface area contributed by atoms with E-state index < -0.39 is 15.9 Å². The molecule has 0 spiro atoms. The molecular formula is C11H21N3O3S. The fourth-order valence-electron chi connectivity index (χ4n) is 2.84. The van der Waals surface area contributed by atoms with E-state index in [0.717, 1.165) is 25.8 Å². The minimum Gasteiger partial charge on any atom is -0.369 e. The van der Waals surface area contributed by atoms with E-state index in [4.69, 9.17) is 5.73 Å². The summed E-state index contributed by atoms with van der Waals surface area (Å²) in [5, 5.41) is 2.81. The average Bonchev–Trinajstić information content (AvgIpc) is 2.98. The van der Waals surface area contributed by atoms with Crippen molar-refractivity contribution in [3.8, 4) is 0 Å². The van der Waals surface area contributed by atoms with Crippen LogP contribution in [0.1, 0.15) is 32.1 Å². The van der Waals surface area contributed by atoms with Crippen LogP contribution in [0.5, 0.6) is 0 Å². The van der Waals surface area contributed by atoms with Gasteiger partial charge in [0.25, 0.3) is 0 Å². The summed E-state index contributed by atoms with van der Waals surface area (Å²) < 4.78 is 26.4. The van der Waals surface area contributed by atoms with Crippen LogP contribution >= 0.6 is 0 Å². The second-order valence-corrected chi connectivity index (χ2v) is 7.28. The van der Waals surface area contributed by atoms with E-state index in [0.29, 0.717) is 19.4 Å². The highest BCUT2D eigenvalue weighted by Crippen LogP contribution is 2.28. The van der Waals surface area contributed by atoms with Gasteiger partial charge in [-0.15, -0.1) is 0 Å².